The second-order valence-corrected chi connectivity index (χ2v) is 8.81. The van der Waals surface area contributed by atoms with Crippen molar-refractivity contribution in [1.29, 1.82) is 0 Å². The van der Waals surface area contributed by atoms with E-state index in [1.807, 2.05) is 19.4 Å². The summed E-state index contributed by atoms with van der Waals surface area (Å²) in [5.74, 6) is 0.680. The Kier molecular flexibility index (Phi) is 5.38. The highest BCUT2D eigenvalue weighted by Gasteiger charge is 2.17. The van der Waals surface area contributed by atoms with Gasteiger partial charge in [0, 0.05) is 37.7 Å². The summed E-state index contributed by atoms with van der Waals surface area (Å²) in [6.45, 7) is 5.51. The summed E-state index contributed by atoms with van der Waals surface area (Å²) in [5, 5.41) is 16.2. The van der Waals surface area contributed by atoms with Crippen LogP contribution in [-0.4, -0.2) is 55.6 Å². The van der Waals surface area contributed by atoms with Gasteiger partial charge >= 0.3 is 0 Å². The number of aryl methyl sites for hydroxylation is 1. The number of rotatable bonds is 7. The average Bonchev–Trinajstić information content (AvgIpc) is 3.22. The minimum absolute atomic E-state index is 0.265. The Morgan fingerprint density at radius 1 is 1.15 bits per heavy atom. The van der Waals surface area contributed by atoms with Crippen LogP contribution in [0, 0.1) is 0 Å². The van der Waals surface area contributed by atoms with E-state index < -0.39 is 9.84 Å². The quantitative estimate of drug-likeness (QED) is 0.599. The van der Waals surface area contributed by atoms with Crippen molar-refractivity contribution in [2.75, 3.05) is 6.26 Å². The summed E-state index contributed by atoms with van der Waals surface area (Å²) in [5.41, 5.74) is 1.83. The summed E-state index contributed by atoms with van der Waals surface area (Å²) < 4.78 is 26.7. The minimum Gasteiger partial charge on any atom is -0.289 e. The van der Waals surface area contributed by atoms with Gasteiger partial charge in [-0.15, -0.1) is 5.10 Å². The molecule has 3 aromatic rings. The molecule has 0 bridgehead atoms. The monoisotopic (exact) mass is 389 g/mol. The van der Waals surface area contributed by atoms with E-state index in [4.69, 9.17) is 0 Å². The van der Waals surface area contributed by atoms with Crippen LogP contribution in [0.15, 0.2) is 41.6 Å². The molecular weight excluding hydrogens is 366 g/mol. The molecule has 144 valence electrons. The maximum absolute atomic E-state index is 11.6. The van der Waals surface area contributed by atoms with Crippen molar-refractivity contribution in [3.05, 3.63) is 48.0 Å². The van der Waals surface area contributed by atoms with Crippen LogP contribution in [0.25, 0.3) is 5.69 Å². The van der Waals surface area contributed by atoms with Gasteiger partial charge in [-0.05, 0) is 48.5 Å². The molecule has 0 N–H and O–H groups in total. The standard InChI is InChI=1S/C17H23N7O2S/c1-13(2)23(11-14-9-18-22(3)10-14)12-17-19-20-21-24(17)15-5-7-16(8-6-15)27(4,25)26/h5-10,13H,11-12H2,1-4H3. The maximum atomic E-state index is 11.6. The summed E-state index contributed by atoms with van der Waals surface area (Å²) in [4.78, 5) is 2.51. The van der Waals surface area contributed by atoms with Gasteiger partial charge < -0.3 is 0 Å². The van der Waals surface area contributed by atoms with E-state index in [9.17, 15) is 8.42 Å². The molecule has 0 radical (unpaired) electrons. The van der Waals surface area contributed by atoms with Crippen LogP contribution in [0.1, 0.15) is 25.2 Å². The van der Waals surface area contributed by atoms with Crippen molar-refractivity contribution in [2.45, 2.75) is 37.9 Å². The fourth-order valence-electron chi connectivity index (χ4n) is 2.73. The lowest BCUT2D eigenvalue weighted by atomic mass is 10.2. The van der Waals surface area contributed by atoms with Crippen molar-refractivity contribution in [3.63, 3.8) is 0 Å². The molecule has 0 saturated heterocycles. The molecule has 0 atom stereocenters. The maximum Gasteiger partial charge on any atom is 0.175 e. The summed E-state index contributed by atoms with van der Waals surface area (Å²) >= 11 is 0. The average molecular weight is 389 g/mol. The van der Waals surface area contributed by atoms with E-state index in [2.05, 4.69) is 39.4 Å². The first-order valence-corrected chi connectivity index (χ1v) is 10.4. The summed E-state index contributed by atoms with van der Waals surface area (Å²) in [6.07, 6.45) is 5.02. The van der Waals surface area contributed by atoms with E-state index in [1.54, 1.807) is 33.6 Å². The topological polar surface area (TPSA) is 98.8 Å². The van der Waals surface area contributed by atoms with Gasteiger partial charge in [-0.1, -0.05) is 0 Å². The van der Waals surface area contributed by atoms with E-state index in [0.717, 1.165) is 12.1 Å². The van der Waals surface area contributed by atoms with Gasteiger partial charge in [0.15, 0.2) is 15.7 Å². The van der Waals surface area contributed by atoms with E-state index in [0.29, 0.717) is 18.1 Å². The number of nitrogens with zero attached hydrogens (tertiary/aromatic N) is 7. The van der Waals surface area contributed by atoms with Crippen LogP contribution in [0.4, 0.5) is 0 Å². The number of hydrogen-bond acceptors (Lipinski definition) is 7. The fraction of sp³-hybridized carbons (Fsp3) is 0.412. The molecule has 1 aromatic carbocycles. The fourth-order valence-corrected chi connectivity index (χ4v) is 3.36. The molecule has 2 aromatic heterocycles. The van der Waals surface area contributed by atoms with Crippen molar-refractivity contribution in [3.8, 4) is 5.69 Å². The molecule has 0 unspecified atom stereocenters. The van der Waals surface area contributed by atoms with Gasteiger partial charge in [-0.3, -0.25) is 9.58 Å². The van der Waals surface area contributed by atoms with E-state index in [1.165, 1.54) is 6.26 Å². The predicted octanol–water partition coefficient (Wildman–Crippen LogP) is 1.21. The molecule has 0 saturated carbocycles. The summed E-state index contributed by atoms with van der Waals surface area (Å²) in [7, 11) is -1.35. The molecule has 0 aliphatic carbocycles. The van der Waals surface area contributed by atoms with Gasteiger partial charge in [0.2, 0.25) is 0 Å². The van der Waals surface area contributed by atoms with Gasteiger partial charge in [-0.2, -0.15) is 9.78 Å². The van der Waals surface area contributed by atoms with Gasteiger partial charge in [0.05, 0.1) is 23.3 Å². The van der Waals surface area contributed by atoms with Gasteiger partial charge in [-0.25, -0.2) is 8.42 Å². The third-order valence-corrected chi connectivity index (χ3v) is 5.39. The van der Waals surface area contributed by atoms with Crippen molar-refractivity contribution in [1.82, 2.24) is 34.9 Å². The highest BCUT2D eigenvalue weighted by atomic mass is 32.2. The van der Waals surface area contributed by atoms with Crippen LogP contribution < -0.4 is 0 Å². The van der Waals surface area contributed by atoms with Crippen molar-refractivity contribution in [2.24, 2.45) is 7.05 Å². The largest absolute Gasteiger partial charge is 0.289 e. The highest BCUT2D eigenvalue weighted by Crippen LogP contribution is 2.16. The van der Waals surface area contributed by atoms with E-state index in [-0.39, 0.29) is 10.9 Å². The molecule has 3 rings (SSSR count). The Morgan fingerprint density at radius 3 is 2.41 bits per heavy atom. The van der Waals surface area contributed by atoms with Crippen molar-refractivity contribution < 1.29 is 8.42 Å². The van der Waals surface area contributed by atoms with Crippen molar-refractivity contribution >= 4 is 9.84 Å². The number of benzene rings is 1. The molecule has 0 amide bonds. The molecule has 0 fully saturated rings. The Hall–Kier alpha value is -2.59. The zero-order valence-corrected chi connectivity index (χ0v) is 16.6. The smallest absolute Gasteiger partial charge is 0.175 e. The molecule has 9 nitrogen and oxygen atoms in total. The Morgan fingerprint density at radius 2 is 1.85 bits per heavy atom. The Balaban J connectivity index is 1.82. The van der Waals surface area contributed by atoms with Gasteiger partial charge in [0.1, 0.15) is 0 Å². The second-order valence-electron chi connectivity index (χ2n) is 6.79. The SMILES string of the molecule is CC(C)N(Cc1cnn(C)c1)Cc1nnnn1-c1ccc(S(C)(=O)=O)cc1. The zero-order valence-electron chi connectivity index (χ0n) is 15.8. The lowest BCUT2D eigenvalue weighted by molar-refractivity contribution is 0.197. The molecule has 27 heavy (non-hydrogen) atoms. The van der Waals surface area contributed by atoms with Crippen LogP contribution in [0.5, 0.6) is 0 Å². The Bertz CT molecular complexity index is 1010. The molecule has 10 heteroatoms. The van der Waals surface area contributed by atoms with Crippen LogP contribution in [0.3, 0.4) is 0 Å². The molecular formula is C17H23N7O2S. The number of tetrazole rings is 1. The van der Waals surface area contributed by atoms with Crippen LogP contribution in [-0.2, 0) is 30.0 Å². The number of hydrogen-bond donors (Lipinski definition) is 0. The third-order valence-electron chi connectivity index (χ3n) is 4.26. The van der Waals surface area contributed by atoms with E-state index >= 15 is 0 Å². The number of aromatic nitrogens is 6. The minimum atomic E-state index is -3.24. The first-order valence-electron chi connectivity index (χ1n) is 8.53. The predicted molar refractivity (Wildman–Crippen MR) is 99.9 cm³/mol. The lowest BCUT2D eigenvalue weighted by Gasteiger charge is -2.25. The number of sulfone groups is 1. The first-order chi connectivity index (χ1) is 12.7. The second kappa shape index (κ2) is 7.57. The van der Waals surface area contributed by atoms with Gasteiger partial charge in [0.25, 0.3) is 0 Å². The highest BCUT2D eigenvalue weighted by molar-refractivity contribution is 7.90. The Labute approximate surface area is 158 Å². The third kappa shape index (κ3) is 4.58. The lowest BCUT2D eigenvalue weighted by Crippen LogP contribution is -2.31. The zero-order chi connectivity index (χ0) is 19.6. The molecule has 0 aliphatic rings. The molecule has 0 aliphatic heterocycles. The normalized spacial score (nSPS) is 12.2. The van der Waals surface area contributed by atoms with Crippen LogP contribution in [0.2, 0.25) is 0 Å². The summed E-state index contributed by atoms with van der Waals surface area (Å²) in [6, 6.07) is 6.81. The molecule has 2 heterocycles. The first kappa shape index (κ1) is 19.2. The molecule has 0 spiro atoms. The van der Waals surface area contributed by atoms with Crippen LogP contribution >= 0.6 is 0 Å².